The maximum Gasteiger partial charge on any atom is 0.279 e. The molecule has 0 spiro atoms. The van der Waals surface area contributed by atoms with Gasteiger partial charge in [-0.2, -0.15) is 0 Å². The zero-order chi connectivity index (χ0) is 12.1. The summed E-state index contributed by atoms with van der Waals surface area (Å²) in [5, 5.41) is 4.82. The molecule has 0 saturated carbocycles. The van der Waals surface area contributed by atoms with E-state index in [1.807, 2.05) is 22.4 Å². The smallest absolute Gasteiger partial charge is 0.279 e. The number of nitrogens with zero attached hydrogens (tertiary/aromatic N) is 1. The lowest BCUT2D eigenvalue weighted by Gasteiger charge is -2.28. The van der Waals surface area contributed by atoms with Crippen molar-refractivity contribution in [2.75, 3.05) is 26.3 Å². The van der Waals surface area contributed by atoms with Gasteiger partial charge in [0.05, 0.1) is 19.8 Å². The SMILES string of the molecule is O=C(NCc1cccs1)C(=S)N1CCOCC1. The quantitative estimate of drug-likeness (QED) is 0.815. The van der Waals surface area contributed by atoms with Gasteiger partial charge in [0.1, 0.15) is 0 Å². The highest BCUT2D eigenvalue weighted by Gasteiger charge is 2.19. The van der Waals surface area contributed by atoms with E-state index in [-0.39, 0.29) is 5.91 Å². The molecular weight excluding hydrogens is 256 g/mol. The Morgan fingerprint density at radius 3 is 2.94 bits per heavy atom. The average Bonchev–Trinajstić information content (AvgIpc) is 2.89. The normalized spacial score (nSPS) is 15.6. The summed E-state index contributed by atoms with van der Waals surface area (Å²) in [4.78, 5) is 15.2. The van der Waals surface area contributed by atoms with Crippen molar-refractivity contribution in [3.8, 4) is 0 Å². The number of morpholine rings is 1. The summed E-state index contributed by atoms with van der Waals surface area (Å²) in [5.74, 6) is -0.171. The Morgan fingerprint density at radius 1 is 1.53 bits per heavy atom. The van der Waals surface area contributed by atoms with Crippen LogP contribution in [0.2, 0.25) is 0 Å². The van der Waals surface area contributed by atoms with E-state index in [9.17, 15) is 4.79 Å². The second-order valence-corrected chi connectivity index (χ2v) is 5.09. The number of nitrogens with one attached hydrogen (secondary N) is 1. The summed E-state index contributed by atoms with van der Waals surface area (Å²) in [6.07, 6.45) is 0. The van der Waals surface area contributed by atoms with Crippen molar-refractivity contribution < 1.29 is 9.53 Å². The molecule has 92 valence electrons. The summed E-state index contributed by atoms with van der Waals surface area (Å²) >= 11 is 6.77. The van der Waals surface area contributed by atoms with Crippen LogP contribution in [0.15, 0.2) is 17.5 Å². The van der Waals surface area contributed by atoms with Gasteiger partial charge in [-0.25, -0.2) is 0 Å². The monoisotopic (exact) mass is 270 g/mol. The van der Waals surface area contributed by atoms with Crippen LogP contribution in [-0.4, -0.2) is 42.1 Å². The number of carbonyl (C=O) groups is 1. The average molecular weight is 270 g/mol. The van der Waals surface area contributed by atoms with E-state index in [2.05, 4.69) is 5.32 Å². The third kappa shape index (κ3) is 3.49. The fourth-order valence-corrected chi connectivity index (χ4v) is 2.47. The summed E-state index contributed by atoms with van der Waals surface area (Å²) in [6, 6.07) is 3.95. The maximum absolute atomic E-state index is 11.8. The van der Waals surface area contributed by atoms with Crippen LogP contribution in [0, 0.1) is 0 Å². The van der Waals surface area contributed by atoms with E-state index < -0.39 is 0 Å². The van der Waals surface area contributed by atoms with E-state index in [0.717, 1.165) is 4.88 Å². The molecule has 0 aromatic carbocycles. The summed E-state index contributed by atoms with van der Waals surface area (Å²) < 4.78 is 5.22. The third-order valence-corrected chi connectivity index (χ3v) is 3.82. The Labute approximate surface area is 110 Å². The topological polar surface area (TPSA) is 41.6 Å². The van der Waals surface area contributed by atoms with E-state index >= 15 is 0 Å². The van der Waals surface area contributed by atoms with Crippen LogP contribution in [-0.2, 0) is 16.1 Å². The number of amides is 1. The Hall–Kier alpha value is -0.980. The zero-order valence-electron chi connectivity index (χ0n) is 9.35. The van der Waals surface area contributed by atoms with Gasteiger partial charge in [0.25, 0.3) is 5.91 Å². The summed E-state index contributed by atoms with van der Waals surface area (Å²) in [6.45, 7) is 3.22. The number of carbonyl (C=O) groups excluding carboxylic acids is 1. The molecule has 1 saturated heterocycles. The molecule has 0 atom stereocenters. The highest BCUT2D eigenvalue weighted by molar-refractivity contribution is 7.82. The van der Waals surface area contributed by atoms with Gasteiger partial charge < -0.3 is 15.0 Å². The van der Waals surface area contributed by atoms with Crippen molar-refractivity contribution in [1.29, 1.82) is 0 Å². The van der Waals surface area contributed by atoms with E-state index in [1.165, 1.54) is 0 Å². The standard InChI is InChI=1S/C11H14N2O2S2/c14-10(12-8-9-2-1-7-17-9)11(16)13-3-5-15-6-4-13/h1-2,7H,3-6,8H2,(H,12,14). The van der Waals surface area contributed by atoms with Gasteiger partial charge in [-0.3, -0.25) is 4.79 Å². The molecule has 2 rings (SSSR count). The van der Waals surface area contributed by atoms with Gasteiger partial charge >= 0.3 is 0 Å². The molecule has 1 fully saturated rings. The van der Waals surface area contributed by atoms with Crippen molar-refractivity contribution in [1.82, 2.24) is 10.2 Å². The Kier molecular flexibility index (Phi) is 4.47. The molecule has 6 heteroatoms. The lowest BCUT2D eigenvalue weighted by molar-refractivity contribution is -0.115. The second kappa shape index (κ2) is 6.09. The number of hydrogen-bond acceptors (Lipinski definition) is 4. The van der Waals surface area contributed by atoms with E-state index in [0.29, 0.717) is 37.8 Å². The molecule has 1 aromatic heterocycles. The Balaban J connectivity index is 1.80. The van der Waals surface area contributed by atoms with Gasteiger partial charge in [-0.15, -0.1) is 11.3 Å². The van der Waals surface area contributed by atoms with Crippen LogP contribution in [0.1, 0.15) is 4.88 Å². The second-order valence-electron chi connectivity index (χ2n) is 3.67. The Morgan fingerprint density at radius 2 is 2.29 bits per heavy atom. The fourth-order valence-electron chi connectivity index (χ4n) is 1.57. The minimum atomic E-state index is -0.171. The molecule has 0 unspecified atom stereocenters. The predicted octanol–water partition coefficient (Wildman–Crippen LogP) is 1.02. The number of ether oxygens (including phenoxy) is 1. The largest absolute Gasteiger partial charge is 0.378 e. The van der Waals surface area contributed by atoms with Crippen molar-refractivity contribution in [3.63, 3.8) is 0 Å². The molecule has 0 bridgehead atoms. The number of rotatable bonds is 2. The first-order chi connectivity index (χ1) is 8.27. The van der Waals surface area contributed by atoms with Crippen molar-refractivity contribution in [2.24, 2.45) is 0 Å². The molecule has 0 aliphatic carbocycles. The van der Waals surface area contributed by atoms with Crippen molar-refractivity contribution in [2.45, 2.75) is 6.54 Å². The molecule has 0 radical (unpaired) electrons. The molecule has 1 aromatic rings. The molecule has 1 aliphatic rings. The lowest BCUT2D eigenvalue weighted by Crippen LogP contribution is -2.46. The number of thiophene rings is 1. The van der Waals surface area contributed by atoms with E-state index in [4.69, 9.17) is 17.0 Å². The van der Waals surface area contributed by atoms with Gasteiger partial charge in [0.2, 0.25) is 0 Å². The van der Waals surface area contributed by atoms with Crippen LogP contribution >= 0.6 is 23.6 Å². The van der Waals surface area contributed by atoms with Crippen LogP contribution in [0.5, 0.6) is 0 Å². The molecule has 1 N–H and O–H groups in total. The Bertz CT molecular complexity index is 386. The minimum Gasteiger partial charge on any atom is -0.378 e. The van der Waals surface area contributed by atoms with Gasteiger partial charge in [-0.1, -0.05) is 18.3 Å². The molecule has 1 amide bonds. The highest BCUT2D eigenvalue weighted by atomic mass is 32.1. The zero-order valence-corrected chi connectivity index (χ0v) is 11.0. The minimum absolute atomic E-state index is 0.171. The van der Waals surface area contributed by atoms with Crippen LogP contribution in [0.3, 0.4) is 0 Å². The van der Waals surface area contributed by atoms with Gasteiger partial charge in [-0.05, 0) is 11.4 Å². The third-order valence-electron chi connectivity index (χ3n) is 2.50. The molecule has 4 nitrogen and oxygen atoms in total. The van der Waals surface area contributed by atoms with Crippen LogP contribution < -0.4 is 5.32 Å². The molecule has 2 heterocycles. The molecule has 17 heavy (non-hydrogen) atoms. The predicted molar refractivity (Wildman–Crippen MR) is 71.2 cm³/mol. The van der Waals surface area contributed by atoms with E-state index in [1.54, 1.807) is 11.3 Å². The first-order valence-electron chi connectivity index (χ1n) is 5.44. The number of thiocarbonyl (C=S) groups is 1. The first-order valence-corrected chi connectivity index (χ1v) is 6.73. The van der Waals surface area contributed by atoms with Gasteiger partial charge in [0.15, 0.2) is 4.99 Å². The van der Waals surface area contributed by atoms with Crippen LogP contribution in [0.25, 0.3) is 0 Å². The van der Waals surface area contributed by atoms with Crippen molar-refractivity contribution in [3.05, 3.63) is 22.4 Å². The van der Waals surface area contributed by atoms with Gasteiger partial charge in [0, 0.05) is 18.0 Å². The molecular formula is C11H14N2O2S2. The maximum atomic E-state index is 11.8. The highest BCUT2D eigenvalue weighted by Crippen LogP contribution is 2.07. The first kappa shape index (κ1) is 12.5. The summed E-state index contributed by atoms with van der Waals surface area (Å²) in [5.41, 5.74) is 0. The van der Waals surface area contributed by atoms with Crippen LogP contribution in [0.4, 0.5) is 0 Å². The fraction of sp³-hybridized carbons (Fsp3) is 0.455. The summed E-state index contributed by atoms with van der Waals surface area (Å²) in [7, 11) is 0. The van der Waals surface area contributed by atoms with Crippen molar-refractivity contribution >= 4 is 34.5 Å². The number of hydrogen-bond donors (Lipinski definition) is 1. The lowest BCUT2D eigenvalue weighted by atomic mass is 10.4. The molecule has 1 aliphatic heterocycles.